The predicted molar refractivity (Wildman–Crippen MR) is 78.7 cm³/mol. The monoisotopic (exact) mass is 383 g/mol. The highest BCUT2D eigenvalue weighted by Crippen LogP contribution is 2.46. The molecular weight excluding hydrogens is 365 g/mol. The molecule has 2 rings (SSSR count). The van der Waals surface area contributed by atoms with Crippen molar-refractivity contribution < 1.29 is 36.6 Å². The van der Waals surface area contributed by atoms with E-state index in [4.69, 9.17) is 5.11 Å². The fourth-order valence-corrected chi connectivity index (χ4v) is 2.96. The molecule has 2 heterocycles. The third-order valence-corrected chi connectivity index (χ3v) is 4.36. The molecule has 1 aliphatic heterocycles. The molecule has 0 saturated carbocycles. The van der Waals surface area contributed by atoms with Gasteiger partial charge in [0, 0.05) is 19.6 Å². The van der Waals surface area contributed by atoms with Crippen molar-refractivity contribution in [3.05, 3.63) is 17.5 Å². The van der Waals surface area contributed by atoms with Gasteiger partial charge in [0.15, 0.2) is 5.41 Å². The molecule has 1 aliphatic rings. The van der Waals surface area contributed by atoms with Crippen LogP contribution >= 0.6 is 0 Å². The molecule has 146 valence electrons. The number of hydrogen-bond donors (Lipinski definition) is 1. The summed E-state index contributed by atoms with van der Waals surface area (Å²) in [5, 5.41) is 12.8. The maximum atomic E-state index is 13.4. The first-order chi connectivity index (χ1) is 11.9. The SMILES string of the molecule is CC(C)Cn1ncc(C(=O)N2CCC(C(=O)O)(C(F)(F)F)C2)c1C(F)F. The molecule has 0 bridgehead atoms. The molecule has 6 nitrogen and oxygen atoms in total. The van der Waals surface area contributed by atoms with Gasteiger partial charge in [-0.05, 0) is 12.3 Å². The third kappa shape index (κ3) is 3.38. The number of aromatic nitrogens is 2. The number of carbonyl (C=O) groups excluding carboxylic acids is 1. The molecule has 1 fully saturated rings. The van der Waals surface area contributed by atoms with Crippen LogP contribution in [0.5, 0.6) is 0 Å². The normalized spacial score (nSPS) is 21.0. The van der Waals surface area contributed by atoms with Crippen LogP contribution in [0.25, 0.3) is 0 Å². The number of halogens is 5. The minimum atomic E-state index is -5.07. The topological polar surface area (TPSA) is 75.4 Å². The molecule has 1 unspecified atom stereocenters. The van der Waals surface area contributed by atoms with Crippen LogP contribution in [0.3, 0.4) is 0 Å². The summed E-state index contributed by atoms with van der Waals surface area (Å²) in [4.78, 5) is 24.3. The van der Waals surface area contributed by atoms with E-state index in [2.05, 4.69) is 5.10 Å². The number of rotatable bonds is 5. The van der Waals surface area contributed by atoms with Crippen LogP contribution in [-0.4, -0.2) is 50.9 Å². The molecule has 1 N–H and O–H groups in total. The van der Waals surface area contributed by atoms with Crippen LogP contribution in [0.1, 0.15) is 42.7 Å². The van der Waals surface area contributed by atoms with E-state index in [9.17, 15) is 31.5 Å². The van der Waals surface area contributed by atoms with Crippen molar-refractivity contribution in [2.45, 2.75) is 39.4 Å². The number of nitrogens with zero attached hydrogens (tertiary/aromatic N) is 3. The standard InChI is InChI=1S/C15H18F5N3O3/c1-8(2)6-23-10(11(16)17)9(5-21-23)12(24)22-4-3-14(7-22,13(25)26)15(18,19)20/h5,8,11H,3-4,6-7H2,1-2H3,(H,25,26). The van der Waals surface area contributed by atoms with E-state index in [-0.39, 0.29) is 12.5 Å². The lowest BCUT2D eigenvalue weighted by molar-refractivity contribution is -0.227. The van der Waals surface area contributed by atoms with E-state index in [0.717, 1.165) is 10.9 Å². The zero-order chi connectivity index (χ0) is 19.9. The second-order valence-electron chi connectivity index (χ2n) is 6.68. The highest BCUT2D eigenvalue weighted by Gasteiger charge is 2.64. The van der Waals surface area contributed by atoms with E-state index in [1.165, 1.54) is 0 Å². The van der Waals surface area contributed by atoms with Gasteiger partial charge in [0.05, 0.1) is 11.8 Å². The maximum Gasteiger partial charge on any atom is 0.406 e. The van der Waals surface area contributed by atoms with Crippen LogP contribution in [0.4, 0.5) is 22.0 Å². The summed E-state index contributed by atoms with van der Waals surface area (Å²) in [5.74, 6) is -3.22. The fourth-order valence-electron chi connectivity index (χ4n) is 2.96. The second-order valence-corrected chi connectivity index (χ2v) is 6.68. The number of amides is 1. The van der Waals surface area contributed by atoms with Gasteiger partial charge in [0.1, 0.15) is 5.69 Å². The number of carboxylic acid groups (broad SMARTS) is 1. The Labute approximate surface area is 145 Å². The first kappa shape index (κ1) is 20.1. The van der Waals surface area contributed by atoms with Crippen LogP contribution in [0.15, 0.2) is 6.20 Å². The van der Waals surface area contributed by atoms with E-state index in [0.29, 0.717) is 4.90 Å². The number of carbonyl (C=O) groups is 2. The first-order valence-corrected chi connectivity index (χ1v) is 7.84. The van der Waals surface area contributed by atoms with Gasteiger partial charge in [0.25, 0.3) is 12.3 Å². The number of hydrogen-bond acceptors (Lipinski definition) is 3. The lowest BCUT2D eigenvalue weighted by atomic mass is 9.86. The van der Waals surface area contributed by atoms with Crippen molar-refractivity contribution in [1.82, 2.24) is 14.7 Å². The Morgan fingerprint density at radius 3 is 2.38 bits per heavy atom. The van der Waals surface area contributed by atoms with E-state index in [1.54, 1.807) is 13.8 Å². The van der Waals surface area contributed by atoms with Gasteiger partial charge in [-0.25, -0.2) is 8.78 Å². The molecule has 26 heavy (non-hydrogen) atoms. The lowest BCUT2D eigenvalue weighted by Gasteiger charge is -2.27. The predicted octanol–water partition coefficient (Wildman–Crippen LogP) is 2.96. The van der Waals surface area contributed by atoms with Gasteiger partial charge >= 0.3 is 12.1 Å². The van der Waals surface area contributed by atoms with Gasteiger partial charge in [-0.2, -0.15) is 18.3 Å². The van der Waals surface area contributed by atoms with Crippen LogP contribution in [0, 0.1) is 11.3 Å². The summed E-state index contributed by atoms with van der Waals surface area (Å²) in [6, 6.07) is 0. The summed E-state index contributed by atoms with van der Waals surface area (Å²) >= 11 is 0. The zero-order valence-electron chi connectivity index (χ0n) is 14.1. The summed E-state index contributed by atoms with van der Waals surface area (Å²) in [6.45, 7) is 1.99. The molecule has 1 atom stereocenters. The smallest absolute Gasteiger partial charge is 0.406 e. The van der Waals surface area contributed by atoms with Crippen molar-refractivity contribution in [2.75, 3.05) is 13.1 Å². The summed E-state index contributed by atoms with van der Waals surface area (Å²) < 4.78 is 67.3. The molecule has 1 saturated heterocycles. The largest absolute Gasteiger partial charge is 0.481 e. The molecule has 0 radical (unpaired) electrons. The third-order valence-electron chi connectivity index (χ3n) is 4.36. The van der Waals surface area contributed by atoms with Gasteiger partial charge < -0.3 is 10.0 Å². The lowest BCUT2D eigenvalue weighted by Crippen LogP contribution is -2.47. The van der Waals surface area contributed by atoms with E-state index < -0.39 is 60.7 Å². The highest BCUT2D eigenvalue weighted by molar-refractivity contribution is 5.96. The summed E-state index contributed by atoms with van der Waals surface area (Å²) in [7, 11) is 0. The Balaban J connectivity index is 2.34. The average Bonchev–Trinajstić information content (AvgIpc) is 3.09. The quantitative estimate of drug-likeness (QED) is 0.794. The van der Waals surface area contributed by atoms with Crippen molar-refractivity contribution in [3.63, 3.8) is 0 Å². The summed E-state index contributed by atoms with van der Waals surface area (Å²) in [5.41, 5.74) is -4.28. The Hall–Kier alpha value is -2.20. The molecule has 1 aromatic heterocycles. The molecule has 1 amide bonds. The number of alkyl halides is 5. The molecular formula is C15H18F5N3O3. The Bertz CT molecular complexity index is 701. The van der Waals surface area contributed by atoms with Crippen LogP contribution in [0.2, 0.25) is 0 Å². The highest BCUT2D eigenvalue weighted by atomic mass is 19.4. The number of aliphatic carboxylic acids is 1. The zero-order valence-corrected chi connectivity index (χ0v) is 14.1. The summed E-state index contributed by atoms with van der Waals surface area (Å²) in [6.07, 6.45) is -8.06. The van der Waals surface area contributed by atoms with Crippen molar-refractivity contribution in [2.24, 2.45) is 11.3 Å². The van der Waals surface area contributed by atoms with Gasteiger partial charge in [-0.15, -0.1) is 0 Å². The molecule has 1 aromatic rings. The van der Waals surface area contributed by atoms with Gasteiger partial charge in [-0.1, -0.05) is 13.8 Å². The van der Waals surface area contributed by atoms with Gasteiger partial charge in [0.2, 0.25) is 0 Å². The maximum absolute atomic E-state index is 13.4. The van der Waals surface area contributed by atoms with Crippen molar-refractivity contribution >= 4 is 11.9 Å². The minimum Gasteiger partial charge on any atom is -0.481 e. The Kier molecular flexibility index (Phi) is 5.29. The molecule has 11 heteroatoms. The molecule has 0 spiro atoms. The molecule has 0 aromatic carbocycles. The molecule has 0 aliphatic carbocycles. The van der Waals surface area contributed by atoms with Crippen LogP contribution < -0.4 is 0 Å². The average molecular weight is 383 g/mol. The van der Waals surface area contributed by atoms with Crippen molar-refractivity contribution in [1.29, 1.82) is 0 Å². The fraction of sp³-hybridized carbons (Fsp3) is 0.667. The van der Waals surface area contributed by atoms with Crippen molar-refractivity contribution in [3.8, 4) is 0 Å². The van der Waals surface area contributed by atoms with E-state index >= 15 is 0 Å². The van der Waals surface area contributed by atoms with E-state index in [1.807, 2.05) is 0 Å². The van der Waals surface area contributed by atoms with Crippen LogP contribution in [-0.2, 0) is 11.3 Å². The Morgan fingerprint density at radius 1 is 1.35 bits per heavy atom. The van der Waals surface area contributed by atoms with Gasteiger partial charge in [-0.3, -0.25) is 14.3 Å². The first-order valence-electron chi connectivity index (χ1n) is 7.84. The number of carboxylic acids is 1. The number of likely N-dealkylation sites (tertiary alicyclic amines) is 1. The second kappa shape index (κ2) is 6.84. The Morgan fingerprint density at radius 2 is 1.96 bits per heavy atom. The minimum absolute atomic E-state index is 0.0490.